The van der Waals surface area contributed by atoms with Crippen molar-refractivity contribution < 1.29 is 10.2 Å². The number of phenolic OH excluding ortho intramolecular Hbond substituents is 2. The largest absolute Gasteiger partial charge is 0.504 e. The Morgan fingerprint density at radius 3 is 2.12 bits per heavy atom. The van der Waals surface area contributed by atoms with Crippen molar-refractivity contribution in [3.63, 3.8) is 0 Å². The lowest BCUT2D eigenvalue weighted by Gasteiger charge is -2.12. The second kappa shape index (κ2) is 4.27. The second-order valence-corrected chi connectivity index (χ2v) is 3.88. The Morgan fingerprint density at radius 2 is 1.50 bits per heavy atom. The normalized spacial score (nSPS) is 12.3. The third-order valence-electron chi connectivity index (χ3n) is 2.80. The van der Waals surface area contributed by atoms with E-state index < -0.39 is 0 Å². The maximum Gasteiger partial charge on any atom is 0.157 e. The molecule has 0 aromatic heterocycles. The fourth-order valence-electron chi connectivity index (χ4n) is 1.74. The average Bonchev–Trinajstić information content (AvgIpc) is 2.33. The van der Waals surface area contributed by atoms with E-state index >= 15 is 0 Å². The summed E-state index contributed by atoms with van der Waals surface area (Å²) in [5.41, 5.74) is 2.18. The van der Waals surface area contributed by atoms with E-state index in [0.717, 1.165) is 5.56 Å². The van der Waals surface area contributed by atoms with Gasteiger partial charge in [-0.3, -0.25) is 0 Å². The van der Waals surface area contributed by atoms with E-state index in [1.165, 1.54) is 11.6 Å². The molecule has 2 aromatic rings. The number of hydrogen-bond donors (Lipinski definition) is 2. The van der Waals surface area contributed by atoms with Crippen LogP contribution in [0.1, 0.15) is 24.0 Å². The zero-order chi connectivity index (χ0) is 11.5. The molecule has 0 aliphatic carbocycles. The molecule has 2 aromatic carbocycles. The SMILES string of the molecule is C[C@H](c1ccccc1)c1ccc(O)c(O)c1. The molecule has 2 nitrogen and oxygen atoms in total. The number of rotatable bonds is 2. The number of aromatic hydroxyl groups is 2. The maximum atomic E-state index is 9.45. The minimum Gasteiger partial charge on any atom is -0.504 e. The molecule has 0 heterocycles. The van der Waals surface area contributed by atoms with E-state index in [4.69, 9.17) is 0 Å². The standard InChI is InChI=1S/C14H14O2/c1-10(11-5-3-2-4-6-11)12-7-8-13(15)14(16)9-12/h2-10,15-16H,1H3/t10-/m1/s1. The molecule has 0 aliphatic rings. The lowest BCUT2D eigenvalue weighted by Crippen LogP contribution is -1.95. The molecular formula is C14H14O2. The maximum absolute atomic E-state index is 9.45. The Morgan fingerprint density at radius 1 is 0.812 bits per heavy atom. The molecule has 2 N–H and O–H groups in total. The highest BCUT2D eigenvalue weighted by atomic mass is 16.3. The summed E-state index contributed by atoms with van der Waals surface area (Å²) < 4.78 is 0. The van der Waals surface area contributed by atoms with Gasteiger partial charge in [0.2, 0.25) is 0 Å². The first-order valence-electron chi connectivity index (χ1n) is 5.25. The summed E-state index contributed by atoms with van der Waals surface area (Å²) in [6.45, 7) is 2.07. The highest BCUT2D eigenvalue weighted by Crippen LogP contribution is 2.31. The van der Waals surface area contributed by atoms with Crippen molar-refractivity contribution in [2.24, 2.45) is 0 Å². The molecule has 2 heteroatoms. The Balaban J connectivity index is 2.34. The van der Waals surface area contributed by atoms with Crippen LogP contribution in [0, 0.1) is 0 Å². The summed E-state index contributed by atoms with van der Waals surface area (Å²) >= 11 is 0. The van der Waals surface area contributed by atoms with Gasteiger partial charge in [-0.15, -0.1) is 0 Å². The quantitative estimate of drug-likeness (QED) is 0.753. The van der Waals surface area contributed by atoms with E-state index in [1.807, 2.05) is 24.3 Å². The molecular weight excluding hydrogens is 200 g/mol. The summed E-state index contributed by atoms with van der Waals surface area (Å²) in [7, 11) is 0. The number of phenols is 2. The van der Waals surface area contributed by atoms with Crippen LogP contribution in [0.15, 0.2) is 48.5 Å². The van der Waals surface area contributed by atoms with E-state index in [0.29, 0.717) is 0 Å². The van der Waals surface area contributed by atoms with Gasteiger partial charge in [-0.25, -0.2) is 0 Å². The molecule has 0 amide bonds. The molecule has 2 rings (SSSR count). The van der Waals surface area contributed by atoms with Gasteiger partial charge in [0.1, 0.15) is 0 Å². The minimum absolute atomic E-state index is 0.0692. The molecule has 16 heavy (non-hydrogen) atoms. The predicted molar refractivity (Wildman–Crippen MR) is 63.7 cm³/mol. The van der Waals surface area contributed by atoms with Crippen molar-refractivity contribution in [2.75, 3.05) is 0 Å². The van der Waals surface area contributed by atoms with Crippen LogP contribution in [-0.4, -0.2) is 10.2 Å². The highest BCUT2D eigenvalue weighted by Gasteiger charge is 2.09. The number of benzene rings is 2. The molecule has 0 bridgehead atoms. The van der Waals surface area contributed by atoms with Gasteiger partial charge in [0.25, 0.3) is 0 Å². The Bertz CT molecular complexity index is 477. The van der Waals surface area contributed by atoms with Gasteiger partial charge in [-0.2, -0.15) is 0 Å². The molecule has 0 fully saturated rings. The molecule has 0 unspecified atom stereocenters. The van der Waals surface area contributed by atoms with Crippen molar-refractivity contribution in [1.29, 1.82) is 0 Å². The third kappa shape index (κ3) is 2.01. The fraction of sp³-hybridized carbons (Fsp3) is 0.143. The smallest absolute Gasteiger partial charge is 0.157 e. The van der Waals surface area contributed by atoms with Crippen LogP contribution in [0.5, 0.6) is 11.5 Å². The monoisotopic (exact) mass is 214 g/mol. The van der Waals surface area contributed by atoms with Crippen LogP contribution in [-0.2, 0) is 0 Å². The van der Waals surface area contributed by atoms with Crippen LogP contribution in [0.2, 0.25) is 0 Å². The summed E-state index contributed by atoms with van der Waals surface area (Å²) in [4.78, 5) is 0. The van der Waals surface area contributed by atoms with Gasteiger partial charge in [-0.05, 0) is 23.3 Å². The van der Waals surface area contributed by atoms with Crippen molar-refractivity contribution >= 4 is 0 Å². The van der Waals surface area contributed by atoms with Gasteiger partial charge in [-0.1, -0.05) is 43.3 Å². The van der Waals surface area contributed by atoms with Gasteiger partial charge in [0, 0.05) is 5.92 Å². The first-order chi connectivity index (χ1) is 7.68. The molecule has 0 spiro atoms. The Kier molecular flexibility index (Phi) is 2.82. The van der Waals surface area contributed by atoms with Crippen molar-refractivity contribution in [2.45, 2.75) is 12.8 Å². The molecule has 0 saturated heterocycles. The molecule has 82 valence electrons. The van der Waals surface area contributed by atoms with E-state index in [1.54, 1.807) is 6.07 Å². The zero-order valence-corrected chi connectivity index (χ0v) is 9.09. The van der Waals surface area contributed by atoms with Crippen molar-refractivity contribution in [1.82, 2.24) is 0 Å². The average molecular weight is 214 g/mol. The summed E-state index contributed by atoms with van der Waals surface area (Å²) in [5, 5.41) is 18.7. The van der Waals surface area contributed by atoms with Crippen molar-refractivity contribution in [3.8, 4) is 11.5 Å². The topological polar surface area (TPSA) is 40.5 Å². The van der Waals surface area contributed by atoms with Crippen molar-refractivity contribution in [3.05, 3.63) is 59.7 Å². The van der Waals surface area contributed by atoms with E-state index in [2.05, 4.69) is 19.1 Å². The summed E-state index contributed by atoms with van der Waals surface area (Å²) in [6, 6.07) is 15.0. The van der Waals surface area contributed by atoms with Crippen LogP contribution < -0.4 is 0 Å². The Hall–Kier alpha value is -1.96. The lowest BCUT2D eigenvalue weighted by atomic mass is 9.93. The third-order valence-corrected chi connectivity index (χ3v) is 2.80. The van der Waals surface area contributed by atoms with Crippen LogP contribution in [0.25, 0.3) is 0 Å². The van der Waals surface area contributed by atoms with Crippen LogP contribution in [0.3, 0.4) is 0 Å². The van der Waals surface area contributed by atoms with E-state index in [-0.39, 0.29) is 17.4 Å². The Labute approximate surface area is 94.8 Å². The first-order valence-corrected chi connectivity index (χ1v) is 5.25. The van der Waals surface area contributed by atoms with Gasteiger partial charge >= 0.3 is 0 Å². The first kappa shape index (κ1) is 10.6. The zero-order valence-electron chi connectivity index (χ0n) is 9.09. The van der Waals surface area contributed by atoms with Crippen LogP contribution >= 0.6 is 0 Å². The lowest BCUT2D eigenvalue weighted by molar-refractivity contribution is 0.403. The fourth-order valence-corrected chi connectivity index (χ4v) is 1.74. The molecule has 0 radical (unpaired) electrons. The minimum atomic E-state index is -0.0796. The summed E-state index contributed by atoms with van der Waals surface area (Å²) in [5.74, 6) is 0.0528. The molecule has 0 aliphatic heterocycles. The predicted octanol–water partition coefficient (Wildman–Crippen LogP) is 3.25. The van der Waals surface area contributed by atoms with Gasteiger partial charge < -0.3 is 10.2 Å². The molecule has 0 saturated carbocycles. The molecule has 1 atom stereocenters. The number of hydrogen-bond acceptors (Lipinski definition) is 2. The summed E-state index contributed by atoms with van der Waals surface area (Å²) in [6.07, 6.45) is 0. The highest BCUT2D eigenvalue weighted by molar-refractivity contribution is 5.43. The van der Waals surface area contributed by atoms with Gasteiger partial charge in [0.05, 0.1) is 0 Å². The van der Waals surface area contributed by atoms with Gasteiger partial charge in [0.15, 0.2) is 11.5 Å². The van der Waals surface area contributed by atoms with E-state index in [9.17, 15) is 10.2 Å². The second-order valence-electron chi connectivity index (χ2n) is 3.88. The van der Waals surface area contributed by atoms with Crippen LogP contribution in [0.4, 0.5) is 0 Å².